The predicted octanol–water partition coefficient (Wildman–Crippen LogP) is 3.66. The molecule has 9 heteroatoms. The molecule has 1 saturated heterocycles. The van der Waals surface area contributed by atoms with Crippen LogP contribution in [0.1, 0.15) is 30.1 Å². The van der Waals surface area contributed by atoms with Gasteiger partial charge in [-0.15, -0.1) is 0 Å². The summed E-state index contributed by atoms with van der Waals surface area (Å²) in [4.78, 5) is 31.3. The zero-order valence-electron chi connectivity index (χ0n) is 20.3. The topological polar surface area (TPSA) is 102 Å². The van der Waals surface area contributed by atoms with Crippen LogP contribution in [0.5, 0.6) is 17.2 Å². The summed E-state index contributed by atoms with van der Waals surface area (Å²) >= 11 is 0. The van der Waals surface area contributed by atoms with Crippen LogP contribution in [0.4, 0.5) is 0 Å². The number of ether oxygens (including phenoxy) is 3. The highest BCUT2D eigenvalue weighted by atomic mass is 16.5. The highest BCUT2D eigenvalue weighted by Crippen LogP contribution is 2.41. The average Bonchev–Trinajstić information content (AvgIpc) is 2.90. The largest absolute Gasteiger partial charge is 0.493 e. The fourth-order valence-electron chi connectivity index (χ4n) is 4.12. The summed E-state index contributed by atoms with van der Waals surface area (Å²) in [6, 6.07) is 12.8. The van der Waals surface area contributed by atoms with Gasteiger partial charge in [-0.2, -0.15) is 5.10 Å². The Balaban J connectivity index is 1.69. The highest BCUT2D eigenvalue weighted by Gasteiger charge is 2.20. The molecule has 9 nitrogen and oxygen atoms in total. The predicted molar refractivity (Wildman–Crippen MR) is 133 cm³/mol. The molecule has 35 heavy (non-hydrogen) atoms. The van der Waals surface area contributed by atoms with Crippen LogP contribution in [0.3, 0.4) is 0 Å². The molecule has 2 heterocycles. The number of hydrogen-bond acceptors (Lipinski definition) is 7. The van der Waals surface area contributed by atoms with E-state index in [4.69, 9.17) is 19.2 Å². The second kappa shape index (κ2) is 10.4. The molecule has 0 bridgehead atoms. The number of hydrazone groups is 1. The number of piperidine rings is 1. The number of pyridine rings is 1. The molecular weight excluding hydrogens is 448 g/mol. The number of nitrogens with zero attached hydrogens (tertiary/aromatic N) is 3. The Labute approximate surface area is 203 Å². The Morgan fingerprint density at radius 1 is 0.971 bits per heavy atom. The molecule has 1 aromatic heterocycles. The number of benzene rings is 2. The third-order valence-corrected chi connectivity index (χ3v) is 6.02. The molecule has 0 unspecified atom stereocenters. The Morgan fingerprint density at radius 3 is 2.23 bits per heavy atom. The van der Waals surface area contributed by atoms with Crippen molar-refractivity contribution in [1.82, 2.24) is 15.3 Å². The molecule has 1 aliphatic rings. The van der Waals surface area contributed by atoms with Crippen LogP contribution in [-0.2, 0) is 4.79 Å². The Hall–Kier alpha value is -4.14. The number of likely N-dealkylation sites (tertiary alicyclic amines) is 1. The molecule has 1 fully saturated rings. The van der Waals surface area contributed by atoms with Crippen molar-refractivity contribution in [1.29, 1.82) is 0 Å². The van der Waals surface area contributed by atoms with Crippen molar-refractivity contribution in [2.45, 2.75) is 19.8 Å². The first-order valence-electron chi connectivity index (χ1n) is 11.3. The lowest BCUT2D eigenvalue weighted by Crippen LogP contribution is -2.37. The van der Waals surface area contributed by atoms with E-state index in [1.165, 1.54) is 0 Å². The number of carbonyl (C=O) groups excluding carboxylic acids is 2. The van der Waals surface area contributed by atoms with Gasteiger partial charge in [-0.05, 0) is 24.3 Å². The van der Waals surface area contributed by atoms with Gasteiger partial charge in [0.1, 0.15) is 0 Å². The van der Waals surface area contributed by atoms with Crippen molar-refractivity contribution in [2.24, 2.45) is 5.10 Å². The molecule has 0 atom stereocenters. The number of fused-ring (bicyclic) bond motifs is 1. The Bertz CT molecular complexity index is 1270. The second-order valence-corrected chi connectivity index (χ2v) is 8.11. The summed E-state index contributed by atoms with van der Waals surface area (Å²) in [5.41, 5.74) is 5.97. The molecule has 0 radical (unpaired) electrons. The van der Waals surface area contributed by atoms with Crippen LogP contribution in [0.15, 0.2) is 47.6 Å². The average molecular weight is 477 g/mol. The number of carbonyl (C=O) groups is 2. The summed E-state index contributed by atoms with van der Waals surface area (Å²) in [7, 11) is 4.64. The van der Waals surface area contributed by atoms with Gasteiger partial charge in [0, 0.05) is 49.5 Å². The fraction of sp³-hybridized carbons (Fsp3) is 0.308. The molecule has 1 N–H and O–H groups in total. The molecular formula is C26H28N4O5. The molecule has 4 rings (SSSR count). The van der Waals surface area contributed by atoms with E-state index in [2.05, 4.69) is 10.5 Å². The van der Waals surface area contributed by atoms with E-state index >= 15 is 0 Å². The van der Waals surface area contributed by atoms with Gasteiger partial charge in [0.05, 0.1) is 38.1 Å². The quantitative estimate of drug-likeness (QED) is 0.545. The monoisotopic (exact) mass is 476 g/mol. The molecule has 0 saturated carbocycles. The zero-order valence-corrected chi connectivity index (χ0v) is 20.3. The van der Waals surface area contributed by atoms with Gasteiger partial charge in [0.25, 0.3) is 5.91 Å². The maximum atomic E-state index is 13.2. The van der Waals surface area contributed by atoms with Crippen molar-refractivity contribution in [3.63, 3.8) is 0 Å². The van der Waals surface area contributed by atoms with Gasteiger partial charge in [-0.3, -0.25) is 9.59 Å². The number of amides is 2. The van der Waals surface area contributed by atoms with E-state index in [0.29, 0.717) is 70.9 Å². The highest BCUT2D eigenvalue weighted by molar-refractivity contribution is 6.07. The van der Waals surface area contributed by atoms with Gasteiger partial charge < -0.3 is 19.1 Å². The Kier molecular flexibility index (Phi) is 7.14. The van der Waals surface area contributed by atoms with Crippen LogP contribution in [0, 0.1) is 0 Å². The fourth-order valence-corrected chi connectivity index (χ4v) is 4.12. The first-order valence-corrected chi connectivity index (χ1v) is 11.3. The Morgan fingerprint density at radius 2 is 1.63 bits per heavy atom. The maximum Gasteiger partial charge on any atom is 0.272 e. The molecule has 2 aromatic carbocycles. The zero-order chi connectivity index (χ0) is 24.9. The van der Waals surface area contributed by atoms with Crippen molar-refractivity contribution >= 4 is 28.4 Å². The molecule has 3 aromatic rings. The van der Waals surface area contributed by atoms with Crippen molar-refractivity contribution < 1.29 is 23.8 Å². The second-order valence-electron chi connectivity index (χ2n) is 8.11. The van der Waals surface area contributed by atoms with Crippen LogP contribution in [0.25, 0.3) is 22.2 Å². The van der Waals surface area contributed by atoms with Crippen molar-refractivity contribution in [3.05, 3.63) is 48.0 Å². The van der Waals surface area contributed by atoms with Gasteiger partial charge in [-0.1, -0.05) is 18.2 Å². The summed E-state index contributed by atoms with van der Waals surface area (Å²) in [6.45, 7) is 2.77. The minimum Gasteiger partial charge on any atom is -0.493 e. The first kappa shape index (κ1) is 24.0. The molecule has 0 spiro atoms. The van der Waals surface area contributed by atoms with Crippen LogP contribution >= 0.6 is 0 Å². The molecule has 1 aliphatic heterocycles. The van der Waals surface area contributed by atoms with Crippen LogP contribution < -0.4 is 19.6 Å². The smallest absolute Gasteiger partial charge is 0.272 e. The summed E-state index contributed by atoms with van der Waals surface area (Å²) in [5.74, 6) is 1.18. The number of para-hydroxylation sites is 1. The summed E-state index contributed by atoms with van der Waals surface area (Å²) in [6.07, 6.45) is 1.27. The maximum absolute atomic E-state index is 13.2. The van der Waals surface area contributed by atoms with E-state index in [1.54, 1.807) is 51.4 Å². The van der Waals surface area contributed by atoms with Gasteiger partial charge in [0.2, 0.25) is 11.7 Å². The molecule has 0 aliphatic carbocycles. The first-order chi connectivity index (χ1) is 16.9. The van der Waals surface area contributed by atoms with Crippen LogP contribution in [-0.4, -0.2) is 61.8 Å². The third-order valence-electron chi connectivity index (χ3n) is 6.02. The van der Waals surface area contributed by atoms with Crippen LogP contribution in [0.2, 0.25) is 0 Å². The summed E-state index contributed by atoms with van der Waals surface area (Å²) in [5, 5.41) is 5.06. The standard InChI is InChI=1S/C26H28N4O5/c1-16(31)30-11-9-18(10-12-30)28-29-26(32)20-15-22(27-21-8-6-5-7-19(20)21)17-13-23(33-2)25(35-4)24(14-17)34-3/h5-8,13-15H,9-12H2,1-4H3,(H,29,32). The number of hydrogen-bond donors (Lipinski definition) is 1. The SMILES string of the molecule is COc1cc(-c2cc(C(=O)NN=C3CCN(C(C)=O)CC3)c3ccccc3n2)cc(OC)c1OC. The minimum atomic E-state index is -0.334. The number of methoxy groups -OCH3 is 3. The normalized spacial score (nSPS) is 13.4. The van der Waals surface area contributed by atoms with Gasteiger partial charge >= 0.3 is 0 Å². The lowest BCUT2D eigenvalue weighted by atomic mass is 10.0. The third kappa shape index (κ3) is 5.03. The van der Waals surface area contributed by atoms with E-state index in [-0.39, 0.29) is 11.8 Å². The number of rotatable bonds is 6. The number of aromatic nitrogens is 1. The van der Waals surface area contributed by atoms with E-state index in [9.17, 15) is 9.59 Å². The molecule has 2 amide bonds. The molecule has 182 valence electrons. The number of nitrogens with one attached hydrogen (secondary N) is 1. The van der Waals surface area contributed by atoms with E-state index in [1.807, 2.05) is 24.3 Å². The minimum absolute atomic E-state index is 0.0515. The summed E-state index contributed by atoms with van der Waals surface area (Å²) < 4.78 is 16.4. The lowest BCUT2D eigenvalue weighted by molar-refractivity contribution is -0.128. The lowest BCUT2D eigenvalue weighted by Gasteiger charge is -2.26. The van der Waals surface area contributed by atoms with Gasteiger partial charge in [0.15, 0.2) is 11.5 Å². The van der Waals surface area contributed by atoms with E-state index < -0.39 is 0 Å². The van der Waals surface area contributed by atoms with Crippen molar-refractivity contribution in [2.75, 3.05) is 34.4 Å². The van der Waals surface area contributed by atoms with Crippen molar-refractivity contribution in [3.8, 4) is 28.5 Å². The van der Waals surface area contributed by atoms with E-state index in [0.717, 1.165) is 5.71 Å². The van der Waals surface area contributed by atoms with Gasteiger partial charge in [-0.25, -0.2) is 10.4 Å².